The molecule has 0 unspecified atom stereocenters. The van der Waals surface area contributed by atoms with E-state index >= 15 is 0 Å². The van der Waals surface area contributed by atoms with Crippen molar-refractivity contribution in [3.8, 4) is 5.75 Å². The Bertz CT molecular complexity index is 1220. The molecule has 0 aliphatic carbocycles. The number of likely N-dealkylation sites (N-methyl/N-ethyl adjacent to an activating group) is 1. The molecule has 1 heterocycles. The molecule has 35 heavy (non-hydrogen) atoms. The van der Waals surface area contributed by atoms with Crippen LogP contribution in [0, 0.1) is 0 Å². The summed E-state index contributed by atoms with van der Waals surface area (Å²) in [4.78, 5) is 18.6. The highest BCUT2D eigenvalue weighted by atomic mass is 16.5. The molecule has 0 radical (unpaired) electrons. The zero-order valence-electron chi connectivity index (χ0n) is 19.9. The molecule has 4 nitrogen and oxygen atoms in total. The third-order valence-electron chi connectivity index (χ3n) is 6.66. The van der Waals surface area contributed by atoms with Gasteiger partial charge in [-0.1, -0.05) is 116 Å². The fraction of sp³-hybridized carbons (Fsp3) is 0.194. The van der Waals surface area contributed by atoms with Crippen molar-refractivity contribution in [1.82, 2.24) is 9.80 Å². The second-order valence-electron chi connectivity index (χ2n) is 8.81. The van der Waals surface area contributed by atoms with Gasteiger partial charge in [0.2, 0.25) is 0 Å². The number of carbonyl (C=O) groups is 1. The van der Waals surface area contributed by atoms with Gasteiger partial charge in [-0.05, 0) is 35.4 Å². The second kappa shape index (κ2) is 10.7. The molecule has 3 atom stereocenters. The molecule has 1 saturated heterocycles. The molecule has 5 rings (SSSR count). The molecule has 1 fully saturated rings. The summed E-state index contributed by atoms with van der Waals surface area (Å²) in [6.07, 6.45) is -0.0695. The molecule has 4 aromatic rings. The van der Waals surface area contributed by atoms with Gasteiger partial charge in [-0.3, -0.25) is 9.80 Å². The Morgan fingerprint density at radius 2 is 1.20 bits per heavy atom. The van der Waals surface area contributed by atoms with E-state index in [1.165, 1.54) is 11.1 Å². The number of para-hydroxylation sites is 1. The number of carbonyl (C=O) groups excluding carboxylic acids is 1. The van der Waals surface area contributed by atoms with E-state index in [9.17, 15) is 4.79 Å². The van der Waals surface area contributed by atoms with E-state index in [0.29, 0.717) is 18.8 Å². The van der Waals surface area contributed by atoms with Crippen LogP contribution in [-0.4, -0.2) is 28.4 Å². The number of nitrogens with zero attached hydrogens (tertiary/aromatic N) is 2. The molecule has 0 N–H and O–H groups in total. The second-order valence-corrected chi connectivity index (χ2v) is 8.81. The molecule has 4 heteroatoms. The Morgan fingerprint density at radius 1 is 0.686 bits per heavy atom. The van der Waals surface area contributed by atoms with E-state index in [1.807, 2.05) is 60.7 Å². The van der Waals surface area contributed by atoms with E-state index in [1.54, 1.807) is 0 Å². The maximum atomic E-state index is 13.9. The van der Waals surface area contributed by atoms with E-state index in [2.05, 4.69) is 77.4 Å². The lowest BCUT2D eigenvalue weighted by Crippen LogP contribution is -2.42. The lowest BCUT2D eigenvalue weighted by Gasteiger charge is -2.32. The van der Waals surface area contributed by atoms with Gasteiger partial charge in [0.1, 0.15) is 11.8 Å². The summed E-state index contributed by atoms with van der Waals surface area (Å²) in [5.74, 6) is 0.335. The highest BCUT2D eigenvalue weighted by Crippen LogP contribution is 2.46. The predicted octanol–water partition coefficient (Wildman–Crippen LogP) is 6.24. The normalized spacial score (nSPS) is 20.5. The highest BCUT2D eigenvalue weighted by molar-refractivity contribution is 5.80. The fourth-order valence-corrected chi connectivity index (χ4v) is 5.17. The predicted molar refractivity (Wildman–Crippen MR) is 139 cm³/mol. The fourth-order valence-electron chi connectivity index (χ4n) is 5.17. The van der Waals surface area contributed by atoms with Gasteiger partial charge in [0, 0.05) is 6.54 Å². The topological polar surface area (TPSA) is 32.8 Å². The van der Waals surface area contributed by atoms with Crippen molar-refractivity contribution in [3.63, 3.8) is 0 Å². The molecule has 0 bridgehead atoms. The van der Waals surface area contributed by atoms with Gasteiger partial charge < -0.3 is 4.74 Å². The van der Waals surface area contributed by atoms with E-state index < -0.39 is 6.04 Å². The first-order chi connectivity index (χ1) is 17.3. The van der Waals surface area contributed by atoms with Crippen LogP contribution in [0.1, 0.15) is 35.8 Å². The van der Waals surface area contributed by atoms with E-state index in [-0.39, 0.29) is 18.2 Å². The van der Waals surface area contributed by atoms with Crippen molar-refractivity contribution in [1.29, 1.82) is 0 Å². The smallest absolute Gasteiger partial charge is 0.330 e. The third kappa shape index (κ3) is 4.90. The Kier molecular flexibility index (Phi) is 7.03. The van der Waals surface area contributed by atoms with Crippen molar-refractivity contribution in [2.45, 2.75) is 31.7 Å². The lowest BCUT2D eigenvalue weighted by atomic mass is 9.98. The first-order valence-corrected chi connectivity index (χ1v) is 12.2. The average Bonchev–Trinajstić information content (AvgIpc) is 3.24. The standard InChI is InChI=1S/C31H30N2O2/c1-2-32-29(31(34)35-27-21-13-6-14-22-27)28(25-17-9-4-10-18-25)33(23-24-15-7-3-8-16-24)30(32)26-19-11-5-12-20-26/h3-22,28-30H,2,23H2,1H3/t28-,29-,30-/m1/s1. The Labute approximate surface area is 207 Å². The van der Waals surface area contributed by atoms with Crippen molar-refractivity contribution >= 4 is 5.97 Å². The minimum atomic E-state index is -0.462. The number of benzene rings is 4. The molecular weight excluding hydrogens is 432 g/mol. The van der Waals surface area contributed by atoms with Gasteiger partial charge in [0.15, 0.2) is 0 Å². The quantitative estimate of drug-likeness (QED) is 0.240. The number of rotatable bonds is 7. The van der Waals surface area contributed by atoms with Crippen molar-refractivity contribution in [2.75, 3.05) is 6.54 Å². The van der Waals surface area contributed by atoms with Crippen LogP contribution in [0.3, 0.4) is 0 Å². The van der Waals surface area contributed by atoms with Crippen molar-refractivity contribution in [3.05, 3.63) is 138 Å². The van der Waals surface area contributed by atoms with Gasteiger partial charge in [0.05, 0.1) is 12.2 Å². The van der Waals surface area contributed by atoms with Gasteiger partial charge in [-0.2, -0.15) is 0 Å². The molecule has 0 spiro atoms. The molecule has 176 valence electrons. The number of hydrogen-bond acceptors (Lipinski definition) is 4. The van der Waals surface area contributed by atoms with E-state index in [4.69, 9.17) is 4.74 Å². The Morgan fingerprint density at radius 3 is 1.77 bits per heavy atom. The summed E-state index contributed by atoms with van der Waals surface area (Å²) >= 11 is 0. The van der Waals surface area contributed by atoms with E-state index in [0.717, 1.165) is 5.56 Å². The first kappa shape index (κ1) is 23.0. The number of esters is 1. The minimum absolute atomic E-state index is 0.0695. The molecule has 1 aliphatic heterocycles. The zero-order chi connectivity index (χ0) is 24.0. The van der Waals surface area contributed by atoms with Crippen LogP contribution in [0.25, 0.3) is 0 Å². The molecule has 0 saturated carbocycles. The van der Waals surface area contributed by atoms with Gasteiger partial charge in [-0.25, -0.2) is 4.79 Å². The van der Waals surface area contributed by atoms with Crippen LogP contribution in [0.5, 0.6) is 5.75 Å². The van der Waals surface area contributed by atoms with Crippen LogP contribution < -0.4 is 4.74 Å². The maximum absolute atomic E-state index is 13.9. The molecule has 1 aliphatic rings. The number of hydrogen-bond donors (Lipinski definition) is 0. The number of ether oxygens (including phenoxy) is 1. The van der Waals surface area contributed by atoms with Gasteiger partial charge in [0.25, 0.3) is 0 Å². The molecular formula is C31H30N2O2. The van der Waals surface area contributed by atoms with Gasteiger partial charge >= 0.3 is 5.97 Å². The molecule has 0 aromatic heterocycles. The summed E-state index contributed by atoms with van der Waals surface area (Å²) in [5.41, 5.74) is 3.49. The monoisotopic (exact) mass is 462 g/mol. The summed E-state index contributed by atoms with van der Waals surface area (Å²) in [7, 11) is 0. The lowest BCUT2D eigenvalue weighted by molar-refractivity contribution is -0.140. The van der Waals surface area contributed by atoms with Crippen LogP contribution >= 0.6 is 0 Å². The SMILES string of the molecule is CCN1[C@@H](c2ccccc2)N(Cc2ccccc2)[C@H](c2ccccc2)[C@@H]1C(=O)Oc1ccccc1. The maximum Gasteiger partial charge on any atom is 0.330 e. The minimum Gasteiger partial charge on any atom is -0.425 e. The summed E-state index contributed by atoms with van der Waals surface area (Å²) in [6.45, 7) is 3.54. The van der Waals surface area contributed by atoms with Crippen LogP contribution in [0.15, 0.2) is 121 Å². The third-order valence-corrected chi connectivity index (χ3v) is 6.66. The zero-order valence-corrected chi connectivity index (χ0v) is 19.9. The van der Waals surface area contributed by atoms with Gasteiger partial charge in [-0.15, -0.1) is 0 Å². The average molecular weight is 463 g/mol. The van der Waals surface area contributed by atoms with Crippen LogP contribution in [0.2, 0.25) is 0 Å². The Balaban J connectivity index is 1.62. The Hall–Kier alpha value is -3.73. The summed E-state index contributed by atoms with van der Waals surface area (Å²) in [6, 6.07) is 40.0. The van der Waals surface area contributed by atoms with Crippen LogP contribution in [0.4, 0.5) is 0 Å². The summed E-state index contributed by atoms with van der Waals surface area (Å²) < 4.78 is 5.96. The van der Waals surface area contributed by atoms with Crippen molar-refractivity contribution < 1.29 is 9.53 Å². The molecule has 0 amide bonds. The van der Waals surface area contributed by atoms with Crippen molar-refractivity contribution in [2.24, 2.45) is 0 Å². The van der Waals surface area contributed by atoms with Crippen LogP contribution in [-0.2, 0) is 11.3 Å². The first-order valence-electron chi connectivity index (χ1n) is 12.2. The largest absolute Gasteiger partial charge is 0.425 e. The summed E-state index contributed by atoms with van der Waals surface area (Å²) in [5, 5.41) is 0. The highest BCUT2D eigenvalue weighted by Gasteiger charge is 2.51. The molecule has 4 aromatic carbocycles.